The maximum absolute atomic E-state index is 12.9. The molecular formula is C50H96O12S. The number of allylic oxidation sites excluding steroid dienone is 2. The summed E-state index contributed by atoms with van der Waals surface area (Å²) < 4.78 is 59.2. The zero-order valence-corrected chi connectivity index (χ0v) is 41.0. The van der Waals surface area contributed by atoms with Crippen LogP contribution in [0.1, 0.15) is 239 Å². The van der Waals surface area contributed by atoms with Gasteiger partial charge in [-0.25, -0.2) is 4.18 Å². The zero-order chi connectivity index (χ0) is 46.1. The van der Waals surface area contributed by atoms with Gasteiger partial charge in [-0.2, -0.15) is 8.42 Å². The lowest BCUT2D eigenvalue weighted by Gasteiger charge is -2.41. The highest BCUT2D eigenvalue weighted by atomic mass is 32.3. The molecule has 0 aromatic rings. The average Bonchev–Trinajstić information content (AvgIpc) is 3.26. The van der Waals surface area contributed by atoms with Gasteiger partial charge in [-0.3, -0.25) is 9.35 Å². The molecule has 12 nitrogen and oxygen atoms in total. The third-order valence-corrected chi connectivity index (χ3v) is 12.6. The Kier molecular flexibility index (Phi) is 40.1. The number of carbonyl (C=O) groups is 1. The quantitative estimate of drug-likeness (QED) is 0.0197. The summed E-state index contributed by atoms with van der Waals surface area (Å²) in [6.45, 7) is 3.98. The first kappa shape index (κ1) is 59.9. The van der Waals surface area contributed by atoms with E-state index in [4.69, 9.17) is 18.9 Å². The highest BCUT2D eigenvalue weighted by molar-refractivity contribution is 7.80. The van der Waals surface area contributed by atoms with Crippen molar-refractivity contribution in [1.82, 2.24) is 0 Å². The van der Waals surface area contributed by atoms with Crippen LogP contribution in [0.3, 0.4) is 0 Å². The molecule has 0 amide bonds. The summed E-state index contributed by atoms with van der Waals surface area (Å²) in [7, 11) is -5.06. The lowest BCUT2D eigenvalue weighted by Crippen LogP contribution is -2.60. The first-order valence-corrected chi connectivity index (χ1v) is 27.3. The van der Waals surface area contributed by atoms with Gasteiger partial charge in [0.2, 0.25) is 0 Å². The van der Waals surface area contributed by atoms with Gasteiger partial charge >= 0.3 is 16.4 Å². The second-order valence-electron chi connectivity index (χ2n) is 18.1. The molecule has 1 aliphatic heterocycles. The van der Waals surface area contributed by atoms with Gasteiger partial charge in [0, 0.05) is 13.0 Å². The van der Waals surface area contributed by atoms with E-state index in [-0.39, 0.29) is 19.6 Å². The molecule has 1 fully saturated rings. The second-order valence-corrected chi connectivity index (χ2v) is 19.2. The maximum Gasteiger partial charge on any atom is 0.397 e. The number of carbonyl (C=O) groups excluding carboxylic acids is 1. The number of ether oxygens (including phenoxy) is 4. The third kappa shape index (κ3) is 35.7. The molecule has 0 aliphatic carbocycles. The Morgan fingerprint density at radius 2 is 1.02 bits per heavy atom. The van der Waals surface area contributed by atoms with Gasteiger partial charge in [-0.1, -0.05) is 212 Å². The van der Waals surface area contributed by atoms with Crippen LogP contribution in [0, 0.1) is 0 Å². The lowest BCUT2D eigenvalue weighted by molar-refractivity contribution is -0.301. The SMILES string of the molecule is CCCC/C=C\CCCCCCCCOCC(COC1OC(CO)C(O)C(OS(=O)(=O)O)C1O)OC(=O)CCCCCCCCCCCCCCCCCCCCCCCCCC. The van der Waals surface area contributed by atoms with Crippen molar-refractivity contribution < 1.29 is 56.2 Å². The summed E-state index contributed by atoms with van der Waals surface area (Å²) in [5, 5.41) is 30.7. The van der Waals surface area contributed by atoms with E-state index in [1.807, 2.05) is 0 Å². The Labute approximate surface area is 385 Å². The molecule has 63 heavy (non-hydrogen) atoms. The molecule has 0 radical (unpaired) electrons. The molecule has 1 saturated heterocycles. The molecule has 1 rings (SSSR count). The first-order valence-electron chi connectivity index (χ1n) is 25.9. The first-order chi connectivity index (χ1) is 30.6. The minimum absolute atomic E-state index is 0.0371. The van der Waals surface area contributed by atoms with Crippen molar-refractivity contribution in [3.8, 4) is 0 Å². The molecule has 13 heteroatoms. The van der Waals surface area contributed by atoms with E-state index in [2.05, 4.69) is 30.2 Å². The van der Waals surface area contributed by atoms with Crippen molar-refractivity contribution in [3.63, 3.8) is 0 Å². The summed E-state index contributed by atoms with van der Waals surface area (Å²) in [5.41, 5.74) is 0. The minimum Gasteiger partial charge on any atom is -0.457 e. The van der Waals surface area contributed by atoms with E-state index in [1.54, 1.807) is 0 Å². The van der Waals surface area contributed by atoms with Crippen LogP contribution < -0.4 is 0 Å². The number of aliphatic hydroxyl groups excluding tert-OH is 3. The van der Waals surface area contributed by atoms with Crippen molar-refractivity contribution >= 4 is 16.4 Å². The molecule has 0 aromatic carbocycles. The number of esters is 1. The standard InChI is InChI=1S/C50H96O12S/c1-3-5-7-9-11-13-15-17-18-19-20-21-22-23-24-25-26-27-28-29-31-33-35-37-39-46(52)60-44(42-58-40-38-36-34-32-30-16-14-12-10-8-6-4-2)43-59-50-48(54)49(62-63(55,56)57)47(53)45(41-51)61-50/h10,12,44-45,47-51,53-54H,3-9,11,13-43H2,1-2H3,(H,55,56,57)/b12-10-. The minimum atomic E-state index is -5.06. The fourth-order valence-corrected chi connectivity index (χ4v) is 8.69. The Balaban J connectivity index is 2.28. The van der Waals surface area contributed by atoms with Crippen molar-refractivity contribution in [2.24, 2.45) is 0 Å². The molecule has 0 aromatic heterocycles. The average molecular weight is 921 g/mol. The van der Waals surface area contributed by atoms with Gasteiger partial charge in [0.05, 0.1) is 19.8 Å². The molecule has 4 N–H and O–H groups in total. The van der Waals surface area contributed by atoms with Crippen molar-refractivity contribution in [3.05, 3.63) is 12.2 Å². The van der Waals surface area contributed by atoms with E-state index in [9.17, 15) is 33.1 Å². The summed E-state index contributed by atoms with van der Waals surface area (Å²) in [6.07, 6.45) is 38.3. The molecule has 0 saturated carbocycles. The van der Waals surface area contributed by atoms with Crippen LogP contribution in [-0.4, -0.2) is 97.5 Å². The molecular weight excluding hydrogens is 825 g/mol. The van der Waals surface area contributed by atoms with Crippen LogP contribution in [0.4, 0.5) is 0 Å². The van der Waals surface area contributed by atoms with E-state index >= 15 is 0 Å². The van der Waals surface area contributed by atoms with E-state index in [0.717, 1.165) is 44.9 Å². The Bertz CT molecular complexity index is 1150. The molecule has 6 unspecified atom stereocenters. The van der Waals surface area contributed by atoms with Gasteiger partial charge < -0.3 is 34.3 Å². The molecule has 374 valence electrons. The van der Waals surface area contributed by atoms with Gasteiger partial charge in [-0.05, 0) is 32.1 Å². The van der Waals surface area contributed by atoms with Gasteiger partial charge in [0.15, 0.2) is 6.29 Å². The highest BCUT2D eigenvalue weighted by Crippen LogP contribution is 2.26. The van der Waals surface area contributed by atoms with Gasteiger partial charge in [0.25, 0.3) is 0 Å². The van der Waals surface area contributed by atoms with Crippen molar-refractivity contribution in [1.29, 1.82) is 0 Å². The van der Waals surface area contributed by atoms with Crippen LogP contribution in [-0.2, 0) is 38.3 Å². The fraction of sp³-hybridized carbons (Fsp3) is 0.940. The highest BCUT2D eigenvalue weighted by Gasteiger charge is 2.48. The zero-order valence-electron chi connectivity index (χ0n) is 40.2. The molecule has 6 atom stereocenters. The summed E-state index contributed by atoms with van der Waals surface area (Å²) >= 11 is 0. The van der Waals surface area contributed by atoms with E-state index in [1.165, 1.54) is 167 Å². The number of rotatable bonds is 46. The monoisotopic (exact) mass is 921 g/mol. The van der Waals surface area contributed by atoms with Gasteiger partial charge in [-0.15, -0.1) is 0 Å². The Hall–Kier alpha value is -1.16. The normalized spacial score (nSPS) is 19.9. The van der Waals surface area contributed by atoms with E-state index < -0.39 is 59.8 Å². The summed E-state index contributed by atoms with van der Waals surface area (Å²) in [6, 6.07) is 0. The number of aliphatic hydroxyl groups is 3. The predicted octanol–water partition coefficient (Wildman–Crippen LogP) is 11.8. The molecule has 1 aliphatic rings. The van der Waals surface area contributed by atoms with Crippen LogP contribution in [0.15, 0.2) is 12.2 Å². The molecule has 0 bridgehead atoms. The molecule has 0 spiro atoms. The maximum atomic E-state index is 12.9. The summed E-state index contributed by atoms with van der Waals surface area (Å²) in [4.78, 5) is 12.9. The largest absolute Gasteiger partial charge is 0.457 e. The second kappa shape index (κ2) is 42.2. The summed E-state index contributed by atoms with van der Waals surface area (Å²) in [5.74, 6) is -0.396. The van der Waals surface area contributed by atoms with Crippen LogP contribution in [0.25, 0.3) is 0 Å². The number of unbranched alkanes of at least 4 members (excludes halogenated alkanes) is 31. The van der Waals surface area contributed by atoms with E-state index in [0.29, 0.717) is 13.0 Å². The van der Waals surface area contributed by atoms with Crippen LogP contribution in [0.2, 0.25) is 0 Å². The van der Waals surface area contributed by atoms with Crippen LogP contribution >= 0.6 is 0 Å². The third-order valence-electron chi connectivity index (χ3n) is 12.1. The van der Waals surface area contributed by atoms with Gasteiger partial charge in [0.1, 0.15) is 30.5 Å². The number of hydrogen-bond acceptors (Lipinski definition) is 11. The Morgan fingerprint density at radius 3 is 1.48 bits per heavy atom. The predicted molar refractivity (Wildman–Crippen MR) is 253 cm³/mol. The lowest BCUT2D eigenvalue weighted by atomic mass is 9.99. The Morgan fingerprint density at radius 1 is 0.587 bits per heavy atom. The van der Waals surface area contributed by atoms with Crippen molar-refractivity contribution in [2.75, 3.05) is 26.4 Å². The molecule has 1 heterocycles. The van der Waals surface area contributed by atoms with Crippen LogP contribution in [0.5, 0.6) is 0 Å². The fourth-order valence-electron chi connectivity index (χ4n) is 8.19. The smallest absolute Gasteiger partial charge is 0.397 e. The topological polar surface area (TPSA) is 178 Å². The van der Waals surface area contributed by atoms with Crippen molar-refractivity contribution in [2.45, 2.75) is 275 Å². The number of hydrogen-bond donors (Lipinski definition) is 4.